The molecular formula is C17H27NO3. The summed E-state index contributed by atoms with van der Waals surface area (Å²) in [7, 11) is 1.58. The molecule has 0 aliphatic rings. The molecule has 1 N–H and O–H groups in total. The van der Waals surface area contributed by atoms with Crippen molar-refractivity contribution in [1.29, 1.82) is 0 Å². The summed E-state index contributed by atoms with van der Waals surface area (Å²) in [6, 6.07) is 7.49. The minimum Gasteiger partial charge on any atom is -0.493 e. The van der Waals surface area contributed by atoms with E-state index in [0.29, 0.717) is 17.4 Å². The Morgan fingerprint density at radius 1 is 1.14 bits per heavy atom. The van der Waals surface area contributed by atoms with E-state index >= 15 is 0 Å². The van der Waals surface area contributed by atoms with E-state index in [-0.39, 0.29) is 18.6 Å². The maximum absolute atomic E-state index is 11.8. The molecule has 4 nitrogen and oxygen atoms in total. The number of carbonyl (C=O) groups is 1. The Morgan fingerprint density at radius 3 is 2.43 bits per heavy atom. The zero-order valence-corrected chi connectivity index (χ0v) is 13.5. The summed E-state index contributed by atoms with van der Waals surface area (Å²) in [4.78, 5) is 11.8. The van der Waals surface area contributed by atoms with Crippen LogP contribution in [0.15, 0.2) is 24.3 Å². The standard InChI is InChI=1S/C17H27NO3/c1-13(2)8-7-9-14(3)18-17(19)12-21-16-11-6-5-10-15(16)20-4/h5-6,10-11,13-14H,7-9,12H2,1-4H3,(H,18,19). The van der Waals surface area contributed by atoms with Crippen molar-refractivity contribution in [2.45, 2.75) is 46.1 Å². The molecule has 0 bridgehead atoms. The normalized spacial score (nSPS) is 12.0. The number of ether oxygens (including phenoxy) is 2. The highest BCUT2D eigenvalue weighted by Gasteiger charge is 2.10. The van der Waals surface area contributed by atoms with Gasteiger partial charge in [-0.25, -0.2) is 0 Å². The number of methoxy groups -OCH3 is 1. The van der Waals surface area contributed by atoms with Crippen LogP contribution in [-0.4, -0.2) is 25.7 Å². The number of carbonyl (C=O) groups excluding carboxylic acids is 1. The number of nitrogens with one attached hydrogen (secondary N) is 1. The third kappa shape index (κ3) is 7.02. The first-order valence-electron chi connectivity index (χ1n) is 7.58. The molecule has 0 heterocycles. The molecule has 1 atom stereocenters. The van der Waals surface area contributed by atoms with Gasteiger partial charge in [0.05, 0.1) is 7.11 Å². The van der Waals surface area contributed by atoms with Gasteiger partial charge < -0.3 is 14.8 Å². The fraction of sp³-hybridized carbons (Fsp3) is 0.588. The third-order valence-electron chi connectivity index (χ3n) is 3.25. The topological polar surface area (TPSA) is 47.6 Å². The highest BCUT2D eigenvalue weighted by Crippen LogP contribution is 2.25. The molecule has 0 fully saturated rings. The molecule has 1 aromatic carbocycles. The van der Waals surface area contributed by atoms with Crippen LogP contribution in [0.2, 0.25) is 0 Å². The molecule has 0 saturated carbocycles. The summed E-state index contributed by atoms with van der Waals surface area (Å²) in [5.41, 5.74) is 0. The lowest BCUT2D eigenvalue weighted by Gasteiger charge is -2.15. The van der Waals surface area contributed by atoms with Crippen LogP contribution in [-0.2, 0) is 4.79 Å². The lowest BCUT2D eigenvalue weighted by Crippen LogP contribution is -2.36. The van der Waals surface area contributed by atoms with Gasteiger partial charge in [0.25, 0.3) is 5.91 Å². The van der Waals surface area contributed by atoms with Gasteiger partial charge in [-0.15, -0.1) is 0 Å². The van der Waals surface area contributed by atoms with Gasteiger partial charge >= 0.3 is 0 Å². The molecule has 118 valence electrons. The third-order valence-corrected chi connectivity index (χ3v) is 3.25. The second-order valence-corrected chi connectivity index (χ2v) is 5.73. The van der Waals surface area contributed by atoms with Gasteiger partial charge in [-0.1, -0.05) is 38.8 Å². The zero-order chi connectivity index (χ0) is 15.7. The highest BCUT2D eigenvalue weighted by molar-refractivity contribution is 5.77. The van der Waals surface area contributed by atoms with E-state index < -0.39 is 0 Å². The van der Waals surface area contributed by atoms with Crippen LogP contribution >= 0.6 is 0 Å². The predicted octanol–water partition coefficient (Wildman–Crippen LogP) is 3.41. The summed E-state index contributed by atoms with van der Waals surface area (Å²) in [5, 5.41) is 2.96. The molecule has 0 aromatic heterocycles. The molecule has 1 amide bonds. The predicted molar refractivity (Wildman–Crippen MR) is 84.8 cm³/mol. The summed E-state index contributed by atoms with van der Waals surface area (Å²) < 4.78 is 10.7. The smallest absolute Gasteiger partial charge is 0.258 e. The number of benzene rings is 1. The van der Waals surface area contributed by atoms with Crippen molar-refractivity contribution in [3.63, 3.8) is 0 Å². The van der Waals surface area contributed by atoms with Gasteiger partial charge in [-0.2, -0.15) is 0 Å². The van der Waals surface area contributed by atoms with Crippen molar-refractivity contribution in [3.05, 3.63) is 24.3 Å². The van der Waals surface area contributed by atoms with Crippen LogP contribution in [0.25, 0.3) is 0 Å². The first kappa shape index (κ1) is 17.3. The van der Waals surface area contributed by atoms with Gasteiger partial charge in [0.1, 0.15) is 0 Å². The molecule has 0 spiro atoms. The molecule has 1 aromatic rings. The monoisotopic (exact) mass is 293 g/mol. The summed E-state index contributed by atoms with van der Waals surface area (Å²) >= 11 is 0. The summed E-state index contributed by atoms with van der Waals surface area (Å²) in [5.74, 6) is 1.83. The Bertz CT molecular complexity index is 432. The van der Waals surface area contributed by atoms with Crippen molar-refractivity contribution in [2.75, 3.05) is 13.7 Å². The fourth-order valence-corrected chi connectivity index (χ4v) is 2.10. The van der Waals surface area contributed by atoms with Crippen LogP contribution in [0.3, 0.4) is 0 Å². The first-order chi connectivity index (χ1) is 10.0. The van der Waals surface area contributed by atoms with Crippen LogP contribution in [0, 0.1) is 5.92 Å². The van der Waals surface area contributed by atoms with Crippen LogP contribution in [0.1, 0.15) is 40.0 Å². The quantitative estimate of drug-likeness (QED) is 0.759. The number of hydrogen-bond acceptors (Lipinski definition) is 3. The fourth-order valence-electron chi connectivity index (χ4n) is 2.10. The summed E-state index contributed by atoms with van der Waals surface area (Å²) in [6.45, 7) is 6.46. The Labute approximate surface area is 127 Å². The lowest BCUT2D eigenvalue weighted by atomic mass is 10.0. The number of amides is 1. The van der Waals surface area contributed by atoms with Gasteiger partial charge in [-0.05, 0) is 31.4 Å². The second kappa shape index (κ2) is 9.27. The second-order valence-electron chi connectivity index (χ2n) is 5.73. The first-order valence-corrected chi connectivity index (χ1v) is 7.58. The molecule has 21 heavy (non-hydrogen) atoms. The van der Waals surface area contributed by atoms with Crippen LogP contribution in [0.4, 0.5) is 0 Å². The van der Waals surface area contributed by atoms with Crippen molar-refractivity contribution in [3.8, 4) is 11.5 Å². The van der Waals surface area contributed by atoms with Gasteiger partial charge in [0, 0.05) is 6.04 Å². The van der Waals surface area contributed by atoms with Crippen LogP contribution < -0.4 is 14.8 Å². The van der Waals surface area contributed by atoms with Crippen molar-refractivity contribution in [1.82, 2.24) is 5.32 Å². The Morgan fingerprint density at radius 2 is 1.81 bits per heavy atom. The Kier molecular flexibility index (Phi) is 7.65. The van der Waals surface area contributed by atoms with E-state index in [1.54, 1.807) is 13.2 Å². The zero-order valence-electron chi connectivity index (χ0n) is 13.5. The van der Waals surface area contributed by atoms with E-state index in [2.05, 4.69) is 19.2 Å². The van der Waals surface area contributed by atoms with E-state index in [9.17, 15) is 4.79 Å². The average molecular weight is 293 g/mol. The largest absolute Gasteiger partial charge is 0.493 e. The van der Waals surface area contributed by atoms with E-state index in [4.69, 9.17) is 9.47 Å². The van der Waals surface area contributed by atoms with Crippen molar-refractivity contribution < 1.29 is 14.3 Å². The van der Waals surface area contributed by atoms with E-state index in [1.165, 1.54) is 6.42 Å². The number of hydrogen-bond donors (Lipinski definition) is 1. The van der Waals surface area contributed by atoms with E-state index in [1.807, 2.05) is 25.1 Å². The highest BCUT2D eigenvalue weighted by atomic mass is 16.5. The van der Waals surface area contributed by atoms with Crippen molar-refractivity contribution >= 4 is 5.91 Å². The molecule has 0 saturated heterocycles. The molecular weight excluding hydrogens is 266 g/mol. The molecule has 4 heteroatoms. The minimum absolute atomic E-state index is 0.00882. The van der Waals surface area contributed by atoms with E-state index in [0.717, 1.165) is 12.8 Å². The molecule has 0 aliphatic carbocycles. The maximum atomic E-state index is 11.8. The summed E-state index contributed by atoms with van der Waals surface area (Å²) in [6.07, 6.45) is 3.32. The molecule has 1 unspecified atom stereocenters. The minimum atomic E-state index is -0.0991. The molecule has 0 aliphatic heterocycles. The number of rotatable bonds is 9. The number of para-hydroxylation sites is 2. The van der Waals surface area contributed by atoms with Crippen molar-refractivity contribution in [2.24, 2.45) is 5.92 Å². The Balaban J connectivity index is 2.30. The molecule has 1 rings (SSSR count). The maximum Gasteiger partial charge on any atom is 0.258 e. The average Bonchev–Trinajstić information content (AvgIpc) is 2.45. The Hall–Kier alpha value is -1.71. The van der Waals surface area contributed by atoms with Gasteiger partial charge in [-0.3, -0.25) is 4.79 Å². The molecule has 0 radical (unpaired) electrons. The SMILES string of the molecule is COc1ccccc1OCC(=O)NC(C)CCCC(C)C. The van der Waals surface area contributed by atoms with Gasteiger partial charge in [0.2, 0.25) is 0 Å². The lowest BCUT2D eigenvalue weighted by molar-refractivity contribution is -0.123. The van der Waals surface area contributed by atoms with Crippen LogP contribution in [0.5, 0.6) is 11.5 Å². The van der Waals surface area contributed by atoms with Gasteiger partial charge in [0.15, 0.2) is 18.1 Å².